The summed E-state index contributed by atoms with van der Waals surface area (Å²) in [6.07, 6.45) is 0. The van der Waals surface area contributed by atoms with E-state index in [1.165, 1.54) is 40.6 Å². The topological polar surface area (TPSA) is 93.2 Å². The van der Waals surface area contributed by atoms with E-state index in [0.29, 0.717) is 18.2 Å². The van der Waals surface area contributed by atoms with Crippen LogP contribution in [0.2, 0.25) is 5.02 Å². The molecule has 0 aromatic heterocycles. The molecule has 2 aromatic rings. The van der Waals surface area contributed by atoms with E-state index in [-0.39, 0.29) is 36.6 Å². The molecular weight excluding hydrogens is 444 g/mol. The standard InChI is InChI=1S/C21H23ClN2O6S/c1-29-20(25)15-23(14-16-2-6-18(22)7-3-16)21(26)17-4-8-19(9-5-17)31(27,28)24-10-12-30-13-11-24/h2-9H,10-15H2,1H3. The number of hydrogen-bond donors (Lipinski definition) is 0. The van der Waals surface area contributed by atoms with E-state index in [0.717, 1.165) is 5.56 Å². The summed E-state index contributed by atoms with van der Waals surface area (Å²) in [5.74, 6) is -0.982. The fraction of sp³-hybridized carbons (Fsp3) is 0.333. The third kappa shape index (κ3) is 5.82. The zero-order chi connectivity index (χ0) is 22.4. The van der Waals surface area contributed by atoms with E-state index >= 15 is 0 Å². The Labute approximate surface area is 186 Å². The molecule has 0 atom stereocenters. The molecule has 2 aromatic carbocycles. The lowest BCUT2D eigenvalue weighted by Gasteiger charge is -2.26. The van der Waals surface area contributed by atoms with Crippen molar-refractivity contribution < 1.29 is 27.5 Å². The Kier molecular flexibility index (Phi) is 7.66. The fourth-order valence-corrected chi connectivity index (χ4v) is 4.65. The maximum Gasteiger partial charge on any atom is 0.325 e. The van der Waals surface area contributed by atoms with Gasteiger partial charge in [-0.15, -0.1) is 0 Å². The molecule has 0 N–H and O–H groups in total. The number of amides is 1. The summed E-state index contributed by atoms with van der Waals surface area (Å²) in [6, 6.07) is 12.6. The molecule has 0 aliphatic carbocycles. The SMILES string of the molecule is COC(=O)CN(Cc1ccc(Cl)cc1)C(=O)c1ccc(S(=O)(=O)N2CCOCC2)cc1. The second-order valence-electron chi connectivity index (χ2n) is 6.90. The summed E-state index contributed by atoms with van der Waals surface area (Å²) in [4.78, 5) is 26.3. The number of methoxy groups -OCH3 is 1. The minimum Gasteiger partial charge on any atom is -0.468 e. The largest absolute Gasteiger partial charge is 0.468 e. The maximum absolute atomic E-state index is 13.0. The molecule has 1 heterocycles. The Morgan fingerprint density at radius 3 is 2.26 bits per heavy atom. The lowest BCUT2D eigenvalue weighted by Crippen LogP contribution is -2.40. The van der Waals surface area contributed by atoms with Crippen LogP contribution >= 0.6 is 11.6 Å². The van der Waals surface area contributed by atoms with E-state index in [1.807, 2.05) is 0 Å². The number of carbonyl (C=O) groups is 2. The molecule has 0 bridgehead atoms. The number of hydrogen-bond acceptors (Lipinski definition) is 6. The Balaban J connectivity index is 1.80. The Morgan fingerprint density at radius 2 is 1.68 bits per heavy atom. The summed E-state index contributed by atoms with van der Waals surface area (Å²) in [6.45, 7) is 1.20. The number of sulfonamides is 1. The van der Waals surface area contributed by atoms with Gasteiger partial charge >= 0.3 is 5.97 Å². The number of ether oxygens (including phenoxy) is 2. The second-order valence-corrected chi connectivity index (χ2v) is 9.28. The summed E-state index contributed by atoms with van der Waals surface area (Å²) in [5.41, 5.74) is 1.05. The highest BCUT2D eigenvalue weighted by Gasteiger charge is 2.27. The molecule has 3 rings (SSSR count). The smallest absolute Gasteiger partial charge is 0.325 e. The molecule has 10 heteroatoms. The van der Waals surface area contributed by atoms with Gasteiger partial charge in [-0.1, -0.05) is 23.7 Å². The summed E-state index contributed by atoms with van der Waals surface area (Å²) >= 11 is 5.91. The van der Waals surface area contributed by atoms with Crippen molar-refractivity contribution in [2.75, 3.05) is 40.0 Å². The minimum absolute atomic E-state index is 0.100. The first-order valence-electron chi connectivity index (χ1n) is 9.60. The molecule has 31 heavy (non-hydrogen) atoms. The molecular formula is C21H23ClN2O6S. The van der Waals surface area contributed by atoms with Crippen LogP contribution in [-0.2, 0) is 30.8 Å². The van der Waals surface area contributed by atoms with Crippen molar-refractivity contribution >= 4 is 33.5 Å². The van der Waals surface area contributed by atoms with Crippen LogP contribution in [0.25, 0.3) is 0 Å². The van der Waals surface area contributed by atoms with Gasteiger partial charge in [0.15, 0.2) is 0 Å². The van der Waals surface area contributed by atoms with Crippen molar-refractivity contribution in [1.82, 2.24) is 9.21 Å². The van der Waals surface area contributed by atoms with Crippen LogP contribution in [-0.4, -0.2) is 69.5 Å². The van der Waals surface area contributed by atoms with Gasteiger partial charge in [0, 0.05) is 30.2 Å². The zero-order valence-corrected chi connectivity index (χ0v) is 18.6. The number of carbonyl (C=O) groups excluding carboxylic acids is 2. The highest BCUT2D eigenvalue weighted by molar-refractivity contribution is 7.89. The molecule has 0 radical (unpaired) electrons. The van der Waals surface area contributed by atoms with Crippen molar-refractivity contribution in [2.45, 2.75) is 11.4 Å². The van der Waals surface area contributed by atoms with Gasteiger partial charge in [0.1, 0.15) is 6.54 Å². The number of rotatable bonds is 7. The van der Waals surface area contributed by atoms with Crippen molar-refractivity contribution in [3.63, 3.8) is 0 Å². The molecule has 0 spiro atoms. The number of morpholine rings is 1. The van der Waals surface area contributed by atoms with Crippen molar-refractivity contribution in [2.24, 2.45) is 0 Å². The summed E-state index contributed by atoms with van der Waals surface area (Å²) < 4.78 is 36.8. The number of halogens is 1. The van der Waals surface area contributed by atoms with Gasteiger partial charge < -0.3 is 14.4 Å². The molecule has 8 nitrogen and oxygen atoms in total. The number of esters is 1. The molecule has 1 aliphatic heterocycles. The van der Waals surface area contributed by atoms with E-state index in [4.69, 9.17) is 21.1 Å². The van der Waals surface area contributed by atoms with Crippen molar-refractivity contribution in [3.8, 4) is 0 Å². The Bertz CT molecular complexity index is 1020. The second kappa shape index (κ2) is 10.2. The molecule has 1 amide bonds. The van der Waals surface area contributed by atoms with Gasteiger partial charge in [0.05, 0.1) is 25.2 Å². The van der Waals surface area contributed by atoms with E-state index < -0.39 is 21.9 Å². The van der Waals surface area contributed by atoms with Crippen LogP contribution < -0.4 is 0 Å². The molecule has 1 saturated heterocycles. The van der Waals surface area contributed by atoms with Gasteiger partial charge in [0.25, 0.3) is 5.91 Å². The first kappa shape index (κ1) is 23.2. The third-order valence-corrected chi connectivity index (χ3v) is 7.00. The van der Waals surface area contributed by atoms with Crippen LogP contribution in [0, 0.1) is 0 Å². The van der Waals surface area contributed by atoms with E-state index in [2.05, 4.69) is 0 Å². The zero-order valence-electron chi connectivity index (χ0n) is 17.0. The van der Waals surface area contributed by atoms with Crippen LogP contribution in [0.3, 0.4) is 0 Å². The Hall–Kier alpha value is -2.46. The van der Waals surface area contributed by atoms with E-state index in [1.54, 1.807) is 24.3 Å². The van der Waals surface area contributed by atoms with Crippen molar-refractivity contribution in [1.29, 1.82) is 0 Å². The lowest BCUT2D eigenvalue weighted by molar-refractivity contribution is -0.141. The predicted octanol–water partition coefficient (Wildman–Crippen LogP) is 2.18. The predicted molar refractivity (Wildman–Crippen MR) is 114 cm³/mol. The van der Waals surface area contributed by atoms with Crippen LogP contribution in [0.1, 0.15) is 15.9 Å². The molecule has 0 unspecified atom stereocenters. The van der Waals surface area contributed by atoms with Gasteiger partial charge in [-0.25, -0.2) is 8.42 Å². The third-order valence-electron chi connectivity index (χ3n) is 4.83. The summed E-state index contributed by atoms with van der Waals surface area (Å²) in [7, 11) is -2.41. The quantitative estimate of drug-likeness (QED) is 0.580. The minimum atomic E-state index is -3.66. The van der Waals surface area contributed by atoms with Gasteiger partial charge in [-0.2, -0.15) is 4.31 Å². The number of nitrogens with zero attached hydrogens (tertiary/aromatic N) is 2. The maximum atomic E-state index is 13.0. The normalized spacial score (nSPS) is 14.8. The van der Waals surface area contributed by atoms with Gasteiger partial charge in [0.2, 0.25) is 10.0 Å². The average Bonchev–Trinajstić information content (AvgIpc) is 2.80. The fourth-order valence-electron chi connectivity index (χ4n) is 3.12. The van der Waals surface area contributed by atoms with Crippen LogP contribution in [0.15, 0.2) is 53.4 Å². The highest BCUT2D eigenvalue weighted by Crippen LogP contribution is 2.19. The first-order chi connectivity index (χ1) is 14.8. The van der Waals surface area contributed by atoms with Crippen LogP contribution in [0.5, 0.6) is 0 Å². The Morgan fingerprint density at radius 1 is 1.06 bits per heavy atom. The first-order valence-corrected chi connectivity index (χ1v) is 11.4. The average molecular weight is 467 g/mol. The van der Waals surface area contributed by atoms with Gasteiger partial charge in [-0.05, 0) is 42.0 Å². The highest BCUT2D eigenvalue weighted by atomic mass is 35.5. The molecule has 166 valence electrons. The monoisotopic (exact) mass is 466 g/mol. The number of benzene rings is 2. The molecule has 0 saturated carbocycles. The molecule has 1 fully saturated rings. The van der Waals surface area contributed by atoms with E-state index in [9.17, 15) is 18.0 Å². The van der Waals surface area contributed by atoms with Crippen molar-refractivity contribution in [3.05, 3.63) is 64.7 Å². The lowest BCUT2D eigenvalue weighted by atomic mass is 10.1. The van der Waals surface area contributed by atoms with Crippen LogP contribution in [0.4, 0.5) is 0 Å². The van der Waals surface area contributed by atoms with Gasteiger partial charge in [-0.3, -0.25) is 9.59 Å². The molecule has 1 aliphatic rings. The summed E-state index contributed by atoms with van der Waals surface area (Å²) in [5, 5.41) is 0.562.